The molecule has 15 heteroatoms. The number of nitrogens with one attached hydrogen (secondary N) is 1. The Labute approximate surface area is 315 Å². The lowest BCUT2D eigenvalue weighted by Crippen LogP contribution is -2.34. The molecule has 2 aromatic carbocycles. The summed E-state index contributed by atoms with van der Waals surface area (Å²) in [5, 5.41) is 25.9. The molecule has 0 bridgehead atoms. The molecule has 1 saturated heterocycles. The number of benzene rings is 2. The minimum absolute atomic E-state index is 0.116. The molecule has 1 fully saturated rings. The third kappa shape index (κ3) is 6.22. The summed E-state index contributed by atoms with van der Waals surface area (Å²) >= 11 is 1.52. The first-order valence-electron chi connectivity index (χ1n) is 18.1. The average molecular weight is 745 g/mol. The van der Waals surface area contributed by atoms with Crippen molar-refractivity contribution in [3.63, 3.8) is 0 Å². The Kier molecular flexibility index (Phi) is 8.95. The zero-order valence-corrected chi connectivity index (χ0v) is 31.4. The second kappa shape index (κ2) is 14.2. The van der Waals surface area contributed by atoms with Crippen LogP contribution in [0.2, 0.25) is 0 Å². The summed E-state index contributed by atoms with van der Waals surface area (Å²) in [5.41, 5.74) is 4.80. The van der Waals surface area contributed by atoms with Crippen LogP contribution in [0.3, 0.4) is 0 Å². The topological polar surface area (TPSA) is 139 Å². The normalized spacial score (nSPS) is 15.8. The van der Waals surface area contributed by atoms with E-state index >= 15 is 0 Å². The fourth-order valence-electron chi connectivity index (χ4n) is 7.30. The summed E-state index contributed by atoms with van der Waals surface area (Å²) in [6.45, 7) is 7.28. The van der Waals surface area contributed by atoms with Crippen molar-refractivity contribution in [2.75, 3.05) is 37.6 Å². The van der Waals surface area contributed by atoms with Crippen LogP contribution >= 0.6 is 11.3 Å². The van der Waals surface area contributed by atoms with Crippen LogP contribution in [0.5, 0.6) is 23.1 Å². The number of hydrogen-bond acceptors (Lipinski definition) is 13. The number of pyridine rings is 2. The molecule has 54 heavy (non-hydrogen) atoms. The van der Waals surface area contributed by atoms with Crippen LogP contribution in [0.15, 0.2) is 61.1 Å². The van der Waals surface area contributed by atoms with Gasteiger partial charge in [0.2, 0.25) is 5.88 Å². The number of aromatic nitrogens is 8. The van der Waals surface area contributed by atoms with Crippen LogP contribution < -0.4 is 24.4 Å². The average Bonchev–Trinajstić information content (AvgIpc) is 3.98. The van der Waals surface area contributed by atoms with Gasteiger partial charge in [0.05, 0.1) is 55.5 Å². The molecule has 14 nitrogen and oxygen atoms in total. The van der Waals surface area contributed by atoms with Crippen molar-refractivity contribution in [1.29, 1.82) is 0 Å². The molecule has 0 amide bonds. The van der Waals surface area contributed by atoms with Gasteiger partial charge < -0.3 is 29.2 Å². The highest BCUT2D eigenvalue weighted by atomic mass is 32.1. The van der Waals surface area contributed by atoms with Crippen molar-refractivity contribution in [3.05, 3.63) is 82.9 Å². The second-order valence-electron chi connectivity index (χ2n) is 13.5. The van der Waals surface area contributed by atoms with Gasteiger partial charge in [-0.05, 0) is 69.0 Å². The highest BCUT2D eigenvalue weighted by Crippen LogP contribution is 2.44. The predicted octanol–water partition coefficient (Wildman–Crippen LogP) is 7.45. The Bertz CT molecular complexity index is 2490. The summed E-state index contributed by atoms with van der Waals surface area (Å²) in [7, 11) is 3.29. The van der Waals surface area contributed by atoms with Crippen LogP contribution in [0.25, 0.3) is 32.2 Å². The molecular weight excluding hydrogens is 705 g/mol. The number of fused-ring (bicyclic) bond motifs is 3. The number of nitrogens with zero attached hydrogens (tertiary/aromatic N) is 9. The number of rotatable bonds is 10. The Hall–Kier alpha value is -5.80. The summed E-state index contributed by atoms with van der Waals surface area (Å²) in [6, 6.07) is 14.1. The van der Waals surface area contributed by atoms with E-state index in [4.69, 9.17) is 34.0 Å². The molecular formula is C39H40N10O4S. The lowest BCUT2D eigenvalue weighted by molar-refractivity contribution is -0.0366. The number of methoxy groups -OCH3 is 2. The molecule has 2 aliphatic rings. The first-order valence-corrected chi connectivity index (χ1v) is 18.9. The zero-order chi connectivity index (χ0) is 36.8. The fraction of sp³-hybridized carbons (Fsp3) is 0.333. The van der Waals surface area contributed by atoms with Crippen molar-refractivity contribution in [2.24, 2.45) is 0 Å². The molecule has 7 heterocycles. The van der Waals surface area contributed by atoms with E-state index in [1.165, 1.54) is 11.3 Å². The number of anilines is 2. The maximum absolute atomic E-state index is 7.08. The Morgan fingerprint density at radius 3 is 2.70 bits per heavy atom. The molecule has 2 aliphatic heterocycles. The Morgan fingerprint density at radius 2 is 1.89 bits per heavy atom. The van der Waals surface area contributed by atoms with Gasteiger partial charge in [-0.2, -0.15) is 15.2 Å². The van der Waals surface area contributed by atoms with E-state index in [1.54, 1.807) is 14.2 Å². The van der Waals surface area contributed by atoms with Crippen molar-refractivity contribution >= 4 is 44.6 Å². The first-order chi connectivity index (χ1) is 26.5. The molecule has 1 unspecified atom stereocenters. The Morgan fingerprint density at radius 1 is 0.963 bits per heavy atom. The summed E-state index contributed by atoms with van der Waals surface area (Å²) in [4.78, 5) is 12.6. The van der Waals surface area contributed by atoms with Gasteiger partial charge in [-0.15, -0.1) is 10.2 Å². The van der Waals surface area contributed by atoms with E-state index < -0.39 is 0 Å². The van der Waals surface area contributed by atoms with Gasteiger partial charge in [0.25, 0.3) is 0 Å². The zero-order valence-electron chi connectivity index (χ0n) is 30.6. The van der Waals surface area contributed by atoms with Gasteiger partial charge in [0.1, 0.15) is 38.9 Å². The fourth-order valence-corrected chi connectivity index (χ4v) is 8.02. The van der Waals surface area contributed by atoms with Crippen LogP contribution in [-0.2, 0) is 24.4 Å². The molecule has 7 aromatic rings. The number of aryl methyl sites for hydroxylation is 2. The van der Waals surface area contributed by atoms with Crippen molar-refractivity contribution < 1.29 is 18.9 Å². The smallest absolute Gasteiger partial charge is 0.232 e. The molecule has 1 N–H and O–H groups in total. The molecule has 0 spiro atoms. The van der Waals surface area contributed by atoms with Crippen molar-refractivity contribution in [1.82, 2.24) is 39.7 Å². The summed E-state index contributed by atoms with van der Waals surface area (Å²) in [5.74, 6) is 3.89. The highest BCUT2D eigenvalue weighted by molar-refractivity contribution is 7.14. The van der Waals surface area contributed by atoms with Gasteiger partial charge in [-0.1, -0.05) is 17.4 Å². The predicted molar refractivity (Wildman–Crippen MR) is 207 cm³/mol. The van der Waals surface area contributed by atoms with E-state index in [0.29, 0.717) is 42.0 Å². The quantitative estimate of drug-likeness (QED) is 0.149. The van der Waals surface area contributed by atoms with Crippen LogP contribution in [0.1, 0.15) is 47.3 Å². The maximum Gasteiger partial charge on any atom is 0.232 e. The number of hydrogen-bond donors (Lipinski definition) is 1. The number of ether oxygens (including phenoxy) is 4. The SMILES string of the molecule is COc1ccc(CNc2ncc(-c3nnc(C)s3)c3cc(N4CCn5nccc5C4)nc(Oc4c(C)ccc5c4cnn5C4CCCCO4)c23)c(OC)c1. The lowest BCUT2D eigenvalue weighted by atomic mass is 10.1. The minimum atomic E-state index is -0.116. The van der Waals surface area contributed by atoms with Gasteiger partial charge >= 0.3 is 0 Å². The van der Waals surface area contributed by atoms with Gasteiger partial charge in [0, 0.05) is 54.7 Å². The van der Waals surface area contributed by atoms with Crippen LogP contribution in [0.4, 0.5) is 11.6 Å². The van der Waals surface area contributed by atoms with Crippen molar-refractivity contribution in [3.8, 4) is 33.7 Å². The van der Waals surface area contributed by atoms with Gasteiger partial charge in [0.15, 0.2) is 6.23 Å². The monoisotopic (exact) mass is 744 g/mol. The van der Waals surface area contributed by atoms with Crippen LogP contribution in [-0.4, -0.2) is 67.1 Å². The molecule has 0 saturated carbocycles. The molecule has 0 radical (unpaired) electrons. The molecule has 5 aromatic heterocycles. The van der Waals surface area contributed by atoms with E-state index in [2.05, 4.69) is 49.8 Å². The van der Waals surface area contributed by atoms with Crippen molar-refractivity contribution in [2.45, 2.75) is 59.0 Å². The minimum Gasteiger partial charge on any atom is -0.497 e. The molecule has 0 aliphatic carbocycles. The maximum atomic E-state index is 7.08. The molecule has 1 atom stereocenters. The van der Waals surface area contributed by atoms with Gasteiger partial charge in [-0.25, -0.2) is 9.67 Å². The third-order valence-electron chi connectivity index (χ3n) is 10.1. The van der Waals surface area contributed by atoms with Gasteiger partial charge in [-0.3, -0.25) is 4.68 Å². The highest BCUT2D eigenvalue weighted by Gasteiger charge is 2.26. The van der Waals surface area contributed by atoms with E-state index in [-0.39, 0.29) is 6.23 Å². The first kappa shape index (κ1) is 34.0. The van der Waals surface area contributed by atoms with Crippen LogP contribution in [0, 0.1) is 13.8 Å². The largest absolute Gasteiger partial charge is 0.497 e. The second-order valence-corrected chi connectivity index (χ2v) is 14.7. The lowest BCUT2D eigenvalue weighted by Gasteiger charge is -2.29. The van der Waals surface area contributed by atoms with E-state index in [1.807, 2.05) is 60.0 Å². The summed E-state index contributed by atoms with van der Waals surface area (Å²) in [6.07, 6.45) is 8.53. The van der Waals surface area contributed by atoms with E-state index in [0.717, 1.165) is 98.9 Å². The molecule has 9 rings (SSSR count). The van der Waals surface area contributed by atoms with E-state index in [9.17, 15) is 0 Å². The Balaban J connectivity index is 1.22. The summed E-state index contributed by atoms with van der Waals surface area (Å²) < 4.78 is 28.4. The molecule has 276 valence electrons. The third-order valence-corrected chi connectivity index (χ3v) is 11.0. The standard InChI is InChI=1S/C39H40N10O4S/c1-23-8-11-31-30(21-43-49(31)34-7-5-6-16-52-34)36(23)53-38-35-28(18-33(44-38)47-14-15-48-26(22-47)12-13-42-48)29(39-46-45-24(2)54-39)20-41-37(35)40-19-25-9-10-27(50-3)17-32(25)51-4/h8-13,17-18,20-21,34H,5-7,14-16,19,22H2,1-4H3,(H,40,41).